The van der Waals surface area contributed by atoms with Crippen molar-refractivity contribution in [3.8, 4) is 0 Å². The molecule has 0 aromatic rings. The summed E-state index contributed by atoms with van der Waals surface area (Å²) in [6.07, 6.45) is 0.653. The van der Waals surface area contributed by atoms with Crippen molar-refractivity contribution in [2.75, 3.05) is 6.54 Å². The van der Waals surface area contributed by atoms with E-state index in [1.54, 1.807) is 0 Å². The first-order chi connectivity index (χ1) is 10.2. The number of nitrogens with one attached hydrogen (secondary N) is 1. The molecule has 0 aromatic heterocycles. The number of halogens is 3. The highest BCUT2D eigenvalue weighted by Crippen LogP contribution is 2.39. The molecule has 1 fully saturated rings. The monoisotopic (exact) mass is 318 g/mol. The number of rotatable bonds is 6. The molecule has 1 saturated carbocycles. The van der Waals surface area contributed by atoms with Crippen molar-refractivity contribution in [1.29, 1.82) is 0 Å². The first kappa shape index (κ1) is 19.2. The Bertz CT molecular complexity index is 387. The quantitative estimate of drug-likeness (QED) is 0.676. The molecule has 0 unspecified atom stereocenters. The Morgan fingerprint density at radius 3 is 2.23 bits per heavy atom. The Labute approximate surface area is 132 Å². The Balaban J connectivity index is 2.42. The van der Waals surface area contributed by atoms with E-state index in [2.05, 4.69) is 17.2 Å². The summed E-state index contributed by atoms with van der Waals surface area (Å²) >= 11 is 0. The number of hydrogen-bond donors (Lipinski definition) is 1. The molecule has 1 atom stereocenters. The van der Waals surface area contributed by atoms with Crippen LogP contribution in [-0.4, -0.2) is 24.5 Å². The molecule has 0 saturated heterocycles. The molecular weight excluding hydrogens is 289 g/mol. The zero-order chi connectivity index (χ0) is 16.8. The van der Waals surface area contributed by atoms with Gasteiger partial charge >= 0.3 is 6.18 Å². The minimum Gasteiger partial charge on any atom is -0.309 e. The van der Waals surface area contributed by atoms with E-state index in [0.717, 1.165) is 24.3 Å². The SMILES string of the molecule is CC[C@H](NC[C@H]1CC[C@H](C(F)(F)F)CC1)/C(C)=N/C=C(C)C. The smallest absolute Gasteiger partial charge is 0.309 e. The molecule has 1 aliphatic carbocycles. The summed E-state index contributed by atoms with van der Waals surface area (Å²) in [6, 6.07) is 0.205. The molecule has 1 rings (SSSR count). The van der Waals surface area contributed by atoms with E-state index in [-0.39, 0.29) is 18.9 Å². The van der Waals surface area contributed by atoms with Gasteiger partial charge in [-0.1, -0.05) is 12.5 Å². The summed E-state index contributed by atoms with van der Waals surface area (Å²) in [5.41, 5.74) is 2.19. The van der Waals surface area contributed by atoms with Gasteiger partial charge in [0.15, 0.2) is 0 Å². The van der Waals surface area contributed by atoms with E-state index in [4.69, 9.17) is 0 Å². The van der Waals surface area contributed by atoms with Gasteiger partial charge in [0, 0.05) is 18.0 Å². The van der Waals surface area contributed by atoms with Crippen LogP contribution in [0, 0.1) is 11.8 Å². The fourth-order valence-electron chi connectivity index (χ4n) is 2.91. The molecule has 1 N–H and O–H groups in total. The summed E-state index contributed by atoms with van der Waals surface area (Å²) < 4.78 is 38.0. The van der Waals surface area contributed by atoms with Crippen LogP contribution in [0.1, 0.15) is 59.8 Å². The minimum absolute atomic E-state index is 0.205. The third-order valence-electron chi connectivity index (χ3n) is 4.40. The Morgan fingerprint density at radius 2 is 1.77 bits per heavy atom. The molecule has 0 heterocycles. The molecule has 5 heteroatoms. The summed E-state index contributed by atoms with van der Waals surface area (Å²) in [6.45, 7) is 8.89. The van der Waals surface area contributed by atoms with Crippen molar-refractivity contribution < 1.29 is 13.2 Å². The van der Waals surface area contributed by atoms with E-state index in [9.17, 15) is 13.2 Å². The van der Waals surface area contributed by atoms with Crippen LogP contribution in [0.2, 0.25) is 0 Å². The van der Waals surface area contributed by atoms with Crippen LogP contribution in [0.3, 0.4) is 0 Å². The van der Waals surface area contributed by atoms with Crippen molar-refractivity contribution in [3.63, 3.8) is 0 Å². The number of hydrogen-bond acceptors (Lipinski definition) is 2. The average molecular weight is 318 g/mol. The fourth-order valence-corrected chi connectivity index (χ4v) is 2.91. The summed E-state index contributed by atoms with van der Waals surface area (Å²) in [4.78, 5) is 4.45. The Morgan fingerprint density at radius 1 is 1.18 bits per heavy atom. The van der Waals surface area contributed by atoms with Gasteiger partial charge in [0.05, 0.1) is 5.92 Å². The molecule has 0 aromatic carbocycles. The maximum Gasteiger partial charge on any atom is 0.391 e. The topological polar surface area (TPSA) is 24.4 Å². The first-order valence-corrected chi connectivity index (χ1v) is 8.21. The standard InChI is InChI=1S/C17H29F3N2/c1-5-16(13(4)21-10-12(2)3)22-11-14-6-8-15(9-7-14)17(18,19)20/h10,14-16,22H,5-9,11H2,1-4H3/b21-13+/t14-,15-,16-/m0/s1. The van der Waals surface area contributed by atoms with Gasteiger partial charge in [0.1, 0.15) is 0 Å². The zero-order valence-electron chi connectivity index (χ0n) is 14.1. The fraction of sp³-hybridized carbons (Fsp3) is 0.824. The van der Waals surface area contributed by atoms with Crippen LogP contribution in [0.5, 0.6) is 0 Å². The second-order valence-corrected chi connectivity index (χ2v) is 6.61. The molecular formula is C17H29F3N2. The second-order valence-electron chi connectivity index (χ2n) is 6.61. The van der Waals surface area contributed by atoms with Crippen LogP contribution in [0.15, 0.2) is 16.8 Å². The van der Waals surface area contributed by atoms with Gasteiger partial charge < -0.3 is 5.32 Å². The molecule has 0 bridgehead atoms. The van der Waals surface area contributed by atoms with Gasteiger partial charge in [-0.05, 0) is 65.3 Å². The Hall–Kier alpha value is -0.840. The van der Waals surface area contributed by atoms with Gasteiger partial charge in [-0.15, -0.1) is 0 Å². The zero-order valence-corrected chi connectivity index (χ0v) is 14.1. The van der Waals surface area contributed by atoms with Gasteiger partial charge in [0.25, 0.3) is 0 Å². The van der Waals surface area contributed by atoms with Crippen LogP contribution < -0.4 is 5.32 Å². The molecule has 0 amide bonds. The predicted molar refractivity (Wildman–Crippen MR) is 86.1 cm³/mol. The lowest BCUT2D eigenvalue weighted by molar-refractivity contribution is -0.183. The van der Waals surface area contributed by atoms with Gasteiger partial charge in [-0.2, -0.15) is 13.2 Å². The van der Waals surface area contributed by atoms with E-state index in [1.165, 1.54) is 0 Å². The lowest BCUT2D eigenvalue weighted by Gasteiger charge is -2.31. The Kier molecular flexibility index (Phi) is 7.60. The van der Waals surface area contributed by atoms with E-state index in [1.807, 2.05) is 27.0 Å². The van der Waals surface area contributed by atoms with E-state index < -0.39 is 12.1 Å². The van der Waals surface area contributed by atoms with Gasteiger partial charge in [-0.25, -0.2) is 0 Å². The highest BCUT2D eigenvalue weighted by atomic mass is 19.4. The molecule has 2 nitrogen and oxygen atoms in total. The predicted octanol–water partition coefficient (Wildman–Crippen LogP) is 5.11. The summed E-state index contributed by atoms with van der Waals surface area (Å²) in [7, 11) is 0. The van der Waals surface area contributed by atoms with Gasteiger partial charge in [-0.3, -0.25) is 4.99 Å². The van der Waals surface area contributed by atoms with Crippen molar-refractivity contribution in [2.45, 2.75) is 72.0 Å². The first-order valence-electron chi connectivity index (χ1n) is 8.21. The van der Waals surface area contributed by atoms with Crippen molar-refractivity contribution in [2.24, 2.45) is 16.8 Å². The largest absolute Gasteiger partial charge is 0.391 e. The van der Waals surface area contributed by atoms with Crippen LogP contribution in [0.25, 0.3) is 0 Å². The van der Waals surface area contributed by atoms with Crippen molar-refractivity contribution >= 4 is 5.71 Å². The van der Waals surface area contributed by atoms with E-state index >= 15 is 0 Å². The highest BCUT2D eigenvalue weighted by molar-refractivity contribution is 5.87. The normalized spacial score (nSPS) is 25.0. The molecule has 0 radical (unpaired) electrons. The summed E-state index contributed by atoms with van der Waals surface area (Å²) in [5, 5.41) is 3.47. The second kappa shape index (κ2) is 8.70. The molecule has 22 heavy (non-hydrogen) atoms. The maximum atomic E-state index is 12.7. The lowest BCUT2D eigenvalue weighted by Crippen LogP contribution is -2.39. The number of nitrogens with zero attached hydrogens (tertiary/aromatic N) is 1. The number of aliphatic imine (C=N–C) groups is 1. The third-order valence-corrected chi connectivity index (χ3v) is 4.40. The molecule has 1 aliphatic rings. The molecule has 0 spiro atoms. The molecule has 128 valence electrons. The van der Waals surface area contributed by atoms with Crippen LogP contribution >= 0.6 is 0 Å². The van der Waals surface area contributed by atoms with Crippen molar-refractivity contribution in [3.05, 3.63) is 11.8 Å². The van der Waals surface area contributed by atoms with Gasteiger partial charge in [0.2, 0.25) is 0 Å². The molecule has 0 aliphatic heterocycles. The number of allylic oxidation sites excluding steroid dienone is 1. The lowest BCUT2D eigenvalue weighted by atomic mass is 9.81. The number of alkyl halides is 3. The highest BCUT2D eigenvalue weighted by Gasteiger charge is 2.41. The van der Waals surface area contributed by atoms with Crippen molar-refractivity contribution in [1.82, 2.24) is 5.32 Å². The maximum absolute atomic E-state index is 12.7. The van der Waals surface area contributed by atoms with Crippen LogP contribution in [0.4, 0.5) is 13.2 Å². The van der Waals surface area contributed by atoms with Crippen LogP contribution in [-0.2, 0) is 0 Å². The average Bonchev–Trinajstić information content (AvgIpc) is 2.45. The van der Waals surface area contributed by atoms with E-state index in [0.29, 0.717) is 18.8 Å². The summed E-state index contributed by atoms with van der Waals surface area (Å²) in [5.74, 6) is -0.740. The minimum atomic E-state index is -4.02. The third kappa shape index (κ3) is 6.51.